The molecule has 1 aromatic carbocycles. The van der Waals surface area contributed by atoms with Crippen LogP contribution in [-0.4, -0.2) is 22.8 Å². The van der Waals surface area contributed by atoms with E-state index in [-0.39, 0.29) is 12.2 Å². The van der Waals surface area contributed by atoms with Crippen molar-refractivity contribution in [2.75, 3.05) is 13.1 Å². The molecule has 2 N–H and O–H groups in total. The first-order valence-corrected chi connectivity index (χ1v) is 11.2. The number of rotatable bonds is 5. The second-order valence-corrected chi connectivity index (χ2v) is 9.10. The molecule has 2 aliphatic heterocycles. The van der Waals surface area contributed by atoms with Crippen LogP contribution in [0.15, 0.2) is 57.7 Å². The van der Waals surface area contributed by atoms with Gasteiger partial charge in [-0.25, -0.2) is 0 Å². The molecule has 5 rings (SSSR count). The Morgan fingerprint density at radius 3 is 2.65 bits per heavy atom. The monoisotopic (exact) mass is 437 g/mol. The third-order valence-corrected chi connectivity index (χ3v) is 6.69. The van der Waals surface area contributed by atoms with Gasteiger partial charge in [-0.15, -0.1) is 0 Å². The predicted molar refractivity (Wildman–Crippen MR) is 121 cm³/mol. The molecule has 1 unspecified atom stereocenters. The standard InChI is InChI=1S/C25H25ClN2O3/c26-21-6-2-17(3-7-21)1-4-19-5-10-24(30)28-13-18-11-20(25(19)28)14-27(12-18)15-22-8-9-23(16-29)31-22/h1-10,18,20,29H,11-16H2/p+1/b4-1+/t18-,20+/m0/s1. The minimum atomic E-state index is -0.0693. The van der Waals surface area contributed by atoms with Crippen molar-refractivity contribution in [3.63, 3.8) is 0 Å². The summed E-state index contributed by atoms with van der Waals surface area (Å²) in [6, 6.07) is 15.2. The fourth-order valence-corrected chi connectivity index (χ4v) is 5.29. The second-order valence-electron chi connectivity index (χ2n) is 8.67. The summed E-state index contributed by atoms with van der Waals surface area (Å²) in [5.74, 6) is 2.35. The highest BCUT2D eigenvalue weighted by molar-refractivity contribution is 6.30. The van der Waals surface area contributed by atoms with E-state index in [9.17, 15) is 9.90 Å². The molecule has 1 fully saturated rings. The van der Waals surface area contributed by atoms with Gasteiger partial charge in [-0.2, -0.15) is 0 Å². The number of quaternary nitrogens is 1. The van der Waals surface area contributed by atoms with Gasteiger partial charge in [-0.1, -0.05) is 35.9 Å². The van der Waals surface area contributed by atoms with E-state index in [0.29, 0.717) is 17.6 Å². The molecular formula is C25H26ClN2O3+. The highest BCUT2D eigenvalue weighted by Crippen LogP contribution is 2.33. The third-order valence-electron chi connectivity index (χ3n) is 6.44. The summed E-state index contributed by atoms with van der Waals surface area (Å²) in [4.78, 5) is 14.1. The topological polar surface area (TPSA) is 59.8 Å². The molecule has 5 nitrogen and oxygen atoms in total. The van der Waals surface area contributed by atoms with Crippen LogP contribution < -0.4 is 10.5 Å². The van der Waals surface area contributed by atoms with Gasteiger partial charge in [0.15, 0.2) is 5.76 Å². The van der Waals surface area contributed by atoms with Crippen molar-refractivity contribution < 1.29 is 14.4 Å². The summed E-state index contributed by atoms with van der Waals surface area (Å²) in [6.45, 7) is 3.51. The van der Waals surface area contributed by atoms with Gasteiger partial charge in [0, 0.05) is 35.2 Å². The number of hydrogen-bond acceptors (Lipinski definition) is 3. The first-order valence-electron chi connectivity index (χ1n) is 10.8. The van der Waals surface area contributed by atoms with Crippen LogP contribution in [0, 0.1) is 5.92 Å². The number of nitrogens with zero attached hydrogens (tertiary/aromatic N) is 1. The van der Waals surface area contributed by atoms with Gasteiger partial charge in [0.2, 0.25) is 0 Å². The Bertz CT molecular complexity index is 1160. The maximum absolute atomic E-state index is 12.6. The number of pyridine rings is 1. The fraction of sp³-hybridized carbons (Fsp3) is 0.320. The zero-order valence-electron chi connectivity index (χ0n) is 17.3. The van der Waals surface area contributed by atoms with E-state index < -0.39 is 0 Å². The average Bonchev–Trinajstić information content (AvgIpc) is 3.22. The third kappa shape index (κ3) is 4.26. The van der Waals surface area contributed by atoms with E-state index in [2.05, 4.69) is 12.2 Å². The molecule has 3 aromatic rings. The van der Waals surface area contributed by atoms with Gasteiger partial charge in [0.25, 0.3) is 5.56 Å². The molecule has 3 atom stereocenters. The molecule has 1 saturated heterocycles. The maximum Gasteiger partial charge on any atom is 0.250 e. The predicted octanol–water partition coefficient (Wildman–Crippen LogP) is 2.96. The summed E-state index contributed by atoms with van der Waals surface area (Å²) in [5.41, 5.74) is 3.44. The van der Waals surface area contributed by atoms with Crippen LogP contribution in [0.5, 0.6) is 0 Å². The van der Waals surface area contributed by atoms with Crippen molar-refractivity contribution in [1.29, 1.82) is 0 Å². The molecule has 0 amide bonds. The molecule has 0 radical (unpaired) electrons. The molecule has 4 heterocycles. The highest BCUT2D eigenvalue weighted by Gasteiger charge is 2.38. The minimum absolute atomic E-state index is 0.0693. The largest absolute Gasteiger partial charge is 0.458 e. The molecule has 31 heavy (non-hydrogen) atoms. The lowest BCUT2D eigenvalue weighted by Crippen LogP contribution is -3.13. The van der Waals surface area contributed by atoms with E-state index >= 15 is 0 Å². The number of furan rings is 1. The van der Waals surface area contributed by atoms with Crippen LogP contribution in [0.1, 0.15) is 40.7 Å². The zero-order chi connectivity index (χ0) is 21.4. The number of piperidine rings is 1. The molecule has 2 aliphatic rings. The normalized spacial score (nSPS) is 22.6. The van der Waals surface area contributed by atoms with Crippen molar-refractivity contribution in [3.05, 3.63) is 92.2 Å². The SMILES string of the molecule is O=c1ccc(/C=C/c2ccc(Cl)cc2)c2n1C[C@H]1C[C@@H]2C[NH+](Cc2ccc(CO)o2)C1. The van der Waals surface area contributed by atoms with Crippen LogP contribution in [0.25, 0.3) is 12.2 Å². The summed E-state index contributed by atoms with van der Waals surface area (Å²) >= 11 is 6.00. The summed E-state index contributed by atoms with van der Waals surface area (Å²) < 4.78 is 7.71. The first-order chi connectivity index (χ1) is 15.1. The zero-order valence-corrected chi connectivity index (χ0v) is 18.0. The second kappa shape index (κ2) is 8.50. The van der Waals surface area contributed by atoms with E-state index in [4.69, 9.17) is 16.0 Å². The number of aliphatic hydroxyl groups is 1. The van der Waals surface area contributed by atoms with Crippen molar-refractivity contribution in [2.24, 2.45) is 5.92 Å². The minimum Gasteiger partial charge on any atom is -0.458 e. The van der Waals surface area contributed by atoms with Gasteiger partial charge in [-0.05, 0) is 47.9 Å². The number of benzene rings is 1. The van der Waals surface area contributed by atoms with Crippen molar-refractivity contribution in [2.45, 2.75) is 32.0 Å². The lowest BCUT2D eigenvalue weighted by molar-refractivity contribution is -0.925. The van der Waals surface area contributed by atoms with Gasteiger partial charge in [-0.3, -0.25) is 4.79 Å². The van der Waals surface area contributed by atoms with Crippen LogP contribution in [0.2, 0.25) is 5.02 Å². The van der Waals surface area contributed by atoms with Crippen LogP contribution in [-0.2, 0) is 19.7 Å². The quantitative estimate of drug-likeness (QED) is 0.645. The van der Waals surface area contributed by atoms with Crippen LogP contribution >= 0.6 is 11.6 Å². The number of hydrogen-bond donors (Lipinski definition) is 2. The van der Waals surface area contributed by atoms with Crippen molar-refractivity contribution >= 4 is 23.8 Å². The molecule has 0 saturated carbocycles. The van der Waals surface area contributed by atoms with Gasteiger partial charge < -0.3 is 19.0 Å². The van der Waals surface area contributed by atoms with Crippen molar-refractivity contribution in [1.82, 2.24) is 4.57 Å². The van der Waals surface area contributed by atoms with Crippen LogP contribution in [0.3, 0.4) is 0 Å². The molecule has 6 heteroatoms. The molecule has 0 spiro atoms. The fourth-order valence-electron chi connectivity index (χ4n) is 5.16. The number of fused-ring (bicyclic) bond motifs is 4. The highest BCUT2D eigenvalue weighted by atomic mass is 35.5. The lowest BCUT2D eigenvalue weighted by Gasteiger charge is -2.40. The average molecular weight is 438 g/mol. The summed E-state index contributed by atoms with van der Waals surface area (Å²) in [5, 5.41) is 9.98. The van der Waals surface area contributed by atoms with E-state index in [0.717, 1.165) is 60.2 Å². The Labute approximate surface area is 186 Å². The Hall–Kier alpha value is -2.60. The van der Waals surface area contributed by atoms with Gasteiger partial charge >= 0.3 is 0 Å². The molecule has 2 aromatic heterocycles. The lowest BCUT2D eigenvalue weighted by atomic mass is 9.81. The smallest absolute Gasteiger partial charge is 0.250 e. The Morgan fingerprint density at radius 1 is 1.06 bits per heavy atom. The molecule has 160 valence electrons. The number of aromatic nitrogens is 1. The molecular weight excluding hydrogens is 412 g/mol. The molecule has 0 aliphatic carbocycles. The summed E-state index contributed by atoms with van der Waals surface area (Å²) in [7, 11) is 0. The van der Waals surface area contributed by atoms with E-state index in [1.165, 1.54) is 4.90 Å². The Morgan fingerprint density at radius 2 is 1.87 bits per heavy atom. The van der Waals surface area contributed by atoms with Crippen molar-refractivity contribution in [3.8, 4) is 0 Å². The summed E-state index contributed by atoms with van der Waals surface area (Å²) in [6.07, 6.45) is 5.31. The number of nitrogens with one attached hydrogen (secondary N) is 1. The Kier molecular flexibility index (Phi) is 5.57. The first kappa shape index (κ1) is 20.3. The number of aliphatic hydroxyl groups excluding tert-OH is 1. The van der Waals surface area contributed by atoms with Gasteiger partial charge in [0.1, 0.15) is 18.9 Å². The van der Waals surface area contributed by atoms with Crippen LogP contribution in [0.4, 0.5) is 0 Å². The van der Waals surface area contributed by atoms with E-state index in [1.807, 2.05) is 47.0 Å². The Balaban J connectivity index is 1.42. The van der Waals surface area contributed by atoms with Gasteiger partial charge in [0.05, 0.1) is 13.1 Å². The number of halogens is 1. The maximum atomic E-state index is 12.6. The molecule has 2 bridgehead atoms. The number of likely N-dealkylation sites (tertiary alicyclic amines) is 1. The van der Waals surface area contributed by atoms with E-state index in [1.54, 1.807) is 6.07 Å².